The van der Waals surface area contributed by atoms with Crippen molar-refractivity contribution < 1.29 is 4.79 Å². The molecule has 1 saturated heterocycles. The van der Waals surface area contributed by atoms with Crippen LogP contribution in [0.4, 0.5) is 0 Å². The molecule has 1 aliphatic heterocycles. The summed E-state index contributed by atoms with van der Waals surface area (Å²) in [6, 6.07) is 7.39. The Labute approximate surface area is 168 Å². The topological polar surface area (TPSA) is 70.7 Å². The van der Waals surface area contributed by atoms with Crippen LogP contribution in [0.3, 0.4) is 0 Å². The Morgan fingerprint density at radius 3 is 2.48 bits per heavy atom. The number of nitrogens with two attached hydrogens (primary N) is 1. The van der Waals surface area contributed by atoms with E-state index in [-0.39, 0.29) is 24.0 Å². The van der Waals surface area contributed by atoms with Crippen LogP contribution in [0.5, 0.6) is 0 Å². The van der Waals surface area contributed by atoms with Crippen molar-refractivity contribution in [3.05, 3.63) is 35.4 Å². The van der Waals surface area contributed by atoms with Gasteiger partial charge < -0.3 is 16.0 Å². The van der Waals surface area contributed by atoms with E-state index in [1.807, 2.05) is 19.2 Å². The lowest BCUT2D eigenvalue weighted by atomic mass is 9.87. The first-order valence-electron chi connectivity index (χ1n) is 8.93. The SMILES string of the molecule is CCC(CC)C1CCN(C(=NC)NCc2ccc(C(N)=O)cc2)C1.I. The average molecular weight is 458 g/mol. The molecule has 0 bridgehead atoms. The molecule has 3 N–H and O–H groups in total. The third-order valence-corrected chi connectivity index (χ3v) is 5.14. The fraction of sp³-hybridized carbons (Fsp3) is 0.579. The second-order valence-corrected chi connectivity index (χ2v) is 6.53. The molecule has 0 spiro atoms. The Bertz CT molecular complexity index is 569. The Morgan fingerprint density at radius 1 is 1.32 bits per heavy atom. The van der Waals surface area contributed by atoms with Crippen molar-refractivity contribution in [1.29, 1.82) is 0 Å². The van der Waals surface area contributed by atoms with Crippen molar-refractivity contribution in [2.45, 2.75) is 39.7 Å². The molecule has 1 aromatic rings. The van der Waals surface area contributed by atoms with E-state index in [1.54, 1.807) is 12.1 Å². The molecule has 0 aromatic heterocycles. The average Bonchev–Trinajstić information content (AvgIpc) is 3.07. The fourth-order valence-electron chi connectivity index (χ4n) is 3.62. The van der Waals surface area contributed by atoms with Crippen molar-refractivity contribution in [3.8, 4) is 0 Å². The highest BCUT2D eigenvalue weighted by Gasteiger charge is 2.29. The van der Waals surface area contributed by atoms with E-state index >= 15 is 0 Å². The van der Waals surface area contributed by atoms with Crippen LogP contribution in [0.1, 0.15) is 49.0 Å². The molecule has 1 atom stereocenters. The van der Waals surface area contributed by atoms with Crippen molar-refractivity contribution >= 4 is 35.8 Å². The fourth-order valence-corrected chi connectivity index (χ4v) is 3.62. The Morgan fingerprint density at radius 2 is 1.96 bits per heavy atom. The van der Waals surface area contributed by atoms with Crippen LogP contribution >= 0.6 is 24.0 Å². The van der Waals surface area contributed by atoms with Gasteiger partial charge in [-0.25, -0.2) is 0 Å². The zero-order valence-electron chi connectivity index (χ0n) is 15.5. The van der Waals surface area contributed by atoms with Gasteiger partial charge in [0, 0.05) is 32.2 Å². The summed E-state index contributed by atoms with van der Waals surface area (Å²) in [5.74, 6) is 2.15. The minimum atomic E-state index is -0.394. The maximum Gasteiger partial charge on any atom is 0.248 e. The van der Waals surface area contributed by atoms with Gasteiger partial charge in [0.25, 0.3) is 0 Å². The van der Waals surface area contributed by atoms with Gasteiger partial charge in [0.1, 0.15) is 0 Å². The summed E-state index contributed by atoms with van der Waals surface area (Å²) in [4.78, 5) is 17.9. The molecular formula is C19H31IN4O. The minimum absolute atomic E-state index is 0. The number of carbonyl (C=O) groups is 1. The zero-order valence-corrected chi connectivity index (χ0v) is 17.8. The van der Waals surface area contributed by atoms with Gasteiger partial charge in [-0.3, -0.25) is 9.79 Å². The Hall–Kier alpha value is -1.31. The molecule has 5 nitrogen and oxygen atoms in total. The predicted molar refractivity (Wildman–Crippen MR) is 114 cm³/mol. The van der Waals surface area contributed by atoms with Gasteiger partial charge in [0.15, 0.2) is 5.96 Å². The van der Waals surface area contributed by atoms with Gasteiger partial charge in [-0.2, -0.15) is 0 Å². The lowest BCUT2D eigenvalue weighted by Gasteiger charge is -2.24. The summed E-state index contributed by atoms with van der Waals surface area (Å²) < 4.78 is 0. The number of carbonyl (C=O) groups excluding carboxylic acids is 1. The number of nitrogens with zero attached hydrogens (tertiary/aromatic N) is 2. The van der Waals surface area contributed by atoms with E-state index in [0.717, 1.165) is 36.4 Å². The van der Waals surface area contributed by atoms with Gasteiger partial charge in [-0.05, 0) is 36.0 Å². The molecule has 1 unspecified atom stereocenters. The van der Waals surface area contributed by atoms with E-state index in [1.165, 1.54) is 19.3 Å². The zero-order chi connectivity index (χ0) is 17.5. The predicted octanol–water partition coefficient (Wildman–Crippen LogP) is 3.24. The number of rotatable bonds is 6. The number of likely N-dealkylation sites (tertiary alicyclic amines) is 1. The van der Waals surface area contributed by atoms with Gasteiger partial charge in [0.05, 0.1) is 0 Å². The highest BCUT2D eigenvalue weighted by molar-refractivity contribution is 14.0. The van der Waals surface area contributed by atoms with Crippen LogP contribution in [0, 0.1) is 11.8 Å². The lowest BCUT2D eigenvalue weighted by molar-refractivity contribution is 0.100. The first kappa shape index (κ1) is 21.7. The number of benzene rings is 1. The Balaban J connectivity index is 0.00000312. The monoisotopic (exact) mass is 458 g/mol. The van der Waals surface area contributed by atoms with Crippen LogP contribution in [0.25, 0.3) is 0 Å². The van der Waals surface area contributed by atoms with Gasteiger partial charge in [0.2, 0.25) is 5.91 Å². The molecule has 140 valence electrons. The summed E-state index contributed by atoms with van der Waals surface area (Å²) in [6.07, 6.45) is 3.76. The molecule has 0 radical (unpaired) electrons. The van der Waals surface area contributed by atoms with Crippen LogP contribution in [0.15, 0.2) is 29.3 Å². The number of primary amides is 1. The number of hydrogen-bond acceptors (Lipinski definition) is 2. The molecule has 0 saturated carbocycles. The van der Waals surface area contributed by atoms with Crippen LogP contribution < -0.4 is 11.1 Å². The molecule has 6 heteroatoms. The van der Waals surface area contributed by atoms with Crippen molar-refractivity contribution in [2.24, 2.45) is 22.6 Å². The van der Waals surface area contributed by atoms with Crippen LogP contribution in [-0.2, 0) is 6.54 Å². The summed E-state index contributed by atoms with van der Waals surface area (Å²) in [5.41, 5.74) is 6.92. The highest BCUT2D eigenvalue weighted by Crippen LogP contribution is 2.28. The molecule has 1 aromatic carbocycles. The van der Waals surface area contributed by atoms with Crippen molar-refractivity contribution in [1.82, 2.24) is 10.2 Å². The van der Waals surface area contributed by atoms with E-state index in [2.05, 4.69) is 29.1 Å². The third-order valence-electron chi connectivity index (χ3n) is 5.14. The van der Waals surface area contributed by atoms with Crippen LogP contribution in [0.2, 0.25) is 0 Å². The molecule has 1 fully saturated rings. The molecule has 1 aliphatic rings. The lowest BCUT2D eigenvalue weighted by Crippen LogP contribution is -2.40. The van der Waals surface area contributed by atoms with Crippen LogP contribution in [-0.4, -0.2) is 36.9 Å². The third kappa shape index (κ3) is 5.87. The van der Waals surface area contributed by atoms with E-state index in [9.17, 15) is 4.79 Å². The second kappa shape index (κ2) is 10.6. The van der Waals surface area contributed by atoms with Crippen molar-refractivity contribution in [2.75, 3.05) is 20.1 Å². The number of guanidine groups is 1. The summed E-state index contributed by atoms with van der Waals surface area (Å²) in [6.45, 7) is 7.44. The normalized spacial score (nSPS) is 17.5. The first-order valence-corrected chi connectivity index (χ1v) is 8.93. The number of amides is 1. The molecule has 25 heavy (non-hydrogen) atoms. The van der Waals surface area contributed by atoms with E-state index in [0.29, 0.717) is 12.1 Å². The van der Waals surface area contributed by atoms with Gasteiger partial charge in [-0.15, -0.1) is 24.0 Å². The second-order valence-electron chi connectivity index (χ2n) is 6.53. The largest absolute Gasteiger partial charge is 0.366 e. The molecule has 1 amide bonds. The van der Waals surface area contributed by atoms with E-state index in [4.69, 9.17) is 5.73 Å². The number of aliphatic imine (C=N–C) groups is 1. The number of nitrogens with one attached hydrogen (secondary N) is 1. The molecule has 1 heterocycles. The molecule has 0 aliphatic carbocycles. The van der Waals surface area contributed by atoms with Crippen molar-refractivity contribution in [3.63, 3.8) is 0 Å². The first-order chi connectivity index (χ1) is 11.6. The highest BCUT2D eigenvalue weighted by atomic mass is 127. The maximum absolute atomic E-state index is 11.1. The minimum Gasteiger partial charge on any atom is -0.366 e. The van der Waals surface area contributed by atoms with Gasteiger partial charge in [-0.1, -0.05) is 38.8 Å². The summed E-state index contributed by atoms with van der Waals surface area (Å²) >= 11 is 0. The smallest absolute Gasteiger partial charge is 0.248 e. The number of hydrogen-bond donors (Lipinski definition) is 2. The standard InChI is InChI=1S/C19H30N4O.HI/c1-4-15(5-2)17-10-11-23(13-17)19(21-3)22-12-14-6-8-16(9-7-14)18(20)24;/h6-9,15,17H,4-5,10-13H2,1-3H3,(H2,20,24)(H,21,22);1H. The molecule has 2 rings (SSSR count). The molecular weight excluding hydrogens is 427 g/mol. The summed E-state index contributed by atoms with van der Waals surface area (Å²) in [5, 5.41) is 3.43. The quantitative estimate of drug-likeness (QED) is 0.391. The number of halogens is 1. The van der Waals surface area contributed by atoms with E-state index < -0.39 is 5.91 Å². The summed E-state index contributed by atoms with van der Waals surface area (Å²) in [7, 11) is 1.84. The van der Waals surface area contributed by atoms with Gasteiger partial charge >= 0.3 is 0 Å². The maximum atomic E-state index is 11.1. The Kier molecular flexibility index (Phi) is 9.24.